The van der Waals surface area contributed by atoms with Gasteiger partial charge >= 0.3 is 0 Å². The maximum Gasteiger partial charge on any atom is 0.167 e. The van der Waals surface area contributed by atoms with Gasteiger partial charge in [-0.15, -0.1) is 4.91 Å². The highest BCUT2D eigenvalue weighted by Crippen LogP contribution is 1.82. The Morgan fingerprint density at radius 3 is 2.29 bits per heavy atom. The number of amidine groups is 1. The van der Waals surface area contributed by atoms with E-state index in [-0.39, 0.29) is 0 Å². The number of nitroso groups, excluding NO2 is 1. The van der Waals surface area contributed by atoms with Gasteiger partial charge in [-0.2, -0.15) is 0 Å². The average molecular weight is 100 g/mol. The molecule has 0 aliphatic heterocycles. The third-order valence-corrected chi connectivity index (χ3v) is 0.680. The summed E-state index contributed by atoms with van der Waals surface area (Å²) in [6.07, 6.45) is 0.625. The van der Waals surface area contributed by atoms with Crippen molar-refractivity contribution in [2.24, 2.45) is 10.2 Å². The predicted molar refractivity (Wildman–Crippen MR) is 29.4 cm³/mol. The first-order chi connectivity index (χ1) is 3.35. The lowest BCUT2D eigenvalue weighted by molar-refractivity contribution is 1.21. The monoisotopic (exact) mass is 100 g/mol. The second-order valence-electron chi connectivity index (χ2n) is 1.08. The average Bonchev–Trinajstić information content (AvgIpc) is 1.72. The van der Waals surface area contributed by atoms with E-state index >= 15 is 0 Å². The van der Waals surface area contributed by atoms with E-state index in [1.807, 2.05) is 6.92 Å². The summed E-state index contributed by atoms with van der Waals surface area (Å²) in [6.45, 7) is 1.84. The molecule has 3 nitrogen and oxygen atoms in total. The van der Waals surface area contributed by atoms with Crippen LogP contribution in [0, 0.1) is 4.91 Å². The minimum absolute atomic E-state index is 0.375. The van der Waals surface area contributed by atoms with Crippen molar-refractivity contribution < 1.29 is 0 Å². The summed E-state index contributed by atoms with van der Waals surface area (Å²) in [6, 6.07) is 0. The molecular formula is C4H8N2O. The molecule has 0 atom stereocenters. The second kappa shape index (κ2) is 3.46. The van der Waals surface area contributed by atoms with Crippen LogP contribution in [0.1, 0.15) is 13.3 Å². The van der Waals surface area contributed by atoms with Gasteiger partial charge in [-0.3, -0.25) is 4.99 Å². The lowest BCUT2D eigenvalue weighted by atomic mass is 10.5. The maximum absolute atomic E-state index is 9.59. The Morgan fingerprint density at radius 1 is 1.71 bits per heavy atom. The lowest BCUT2D eigenvalue weighted by Crippen LogP contribution is -1.86. The summed E-state index contributed by atoms with van der Waals surface area (Å²) in [5.74, 6) is 0.375. The first-order valence-electron chi connectivity index (χ1n) is 2.14. The van der Waals surface area contributed by atoms with Crippen molar-refractivity contribution in [3.05, 3.63) is 4.91 Å². The molecule has 0 aliphatic rings. The smallest absolute Gasteiger partial charge is 0.167 e. The van der Waals surface area contributed by atoms with Gasteiger partial charge in [-0.25, -0.2) is 0 Å². The van der Waals surface area contributed by atoms with Crippen molar-refractivity contribution in [2.75, 3.05) is 7.05 Å². The molecule has 0 spiro atoms. The first kappa shape index (κ1) is 6.27. The van der Waals surface area contributed by atoms with Crippen molar-refractivity contribution in [2.45, 2.75) is 13.3 Å². The normalized spacial score (nSPS) is 11.4. The summed E-state index contributed by atoms with van der Waals surface area (Å²) < 4.78 is 0. The molecule has 0 N–H and O–H groups in total. The standard InChI is InChI=1S/C4H8N2O/c1-3-4(5-2)6-7/h3H2,1-2H3. The largest absolute Gasteiger partial charge is 0.271 e. The third-order valence-electron chi connectivity index (χ3n) is 0.680. The van der Waals surface area contributed by atoms with Crippen LogP contribution >= 0.6 is 0 Å². The second-order valence-corrected chi connectivity index (χ2v) is 1.08. The van der Waals surface area contributed by atoms with Crippen LogP contribution in [-0.2, 0) is 0 Å². The Hall–Kier alpha value is -0.730. The Balaban J connectivity index is 3.60. The molecule has 0 aromatic rings. The van der Waals surface area contributed by atoms with Gasteiger partial charge in [0.05, 0.1) is 0 Å². The predicted octanol–water partition coefficient (Wildman–Crippen LogP) is 1.19. The summed E-state index contributed by atoms with van der Waals surface area (Å²) in [5, 5.41) is 2.62. The zero-order chi connectivity index (χ0) is 5.70. The first-order valence-corrected chi connectivity index (χ1v) is 2.14. The van der Waals surface area contributed by atoms with E-state index < -0.39 is 0 Å². The van der Waals surface area contributed by atoms with Crippen molar-refractivity contribution in [3.8, 4) is 0 Å². The number of hydrogen-bond donors (Lipinski definition) is 0. The molecule has 0 fully saturated rings. The molecule has 7 heavy (non-hydrogen) atoms. The van der Waals surface area contributed by atoms with Crippen LogP contribution in [0.25, 0.3) is 0 Å². The van der Waals surface area contributed by atoms with Gasteiger partial charge in [0.2, 0.25) is 0 Å². The van der Waals surface area contributed by atoms with Crippen molar-refractivity contribution in [1.29, 1.82) is 0 Å². The summed E-state index contributed by atoms with van der Waals surface area (Å²) >= 11 is 0. The van der Waals surface area contributed by atoms with Crippen LogP contribution < -0.4 is 0 Å². The van der Waals surface area contributed by atoms with Crippen LogP contribution in [0.2, 0.25) is 0 Å². The number of rotatable bonds is 1. The molecule has 0 bridgehead atoms. The van der Waals surface area contributed by atoms with Gasteiger partial charge in [-0.1, -0.05) is 6.92 Å². The molecule has 0 aromatic heterocycles. The molecule has 0 radical (unpaired) electrons. The molecular weight excluding hydrogens is 92.1 g/mol. The maximum atomic E-state index is 9.59. The number of nitrogens with zero attached hydrogens (tertiary/aromatic N) is 2. The number of hydrogen-bond acceptors (Lipinski definition) is 2. The van der Waals surface area contributed by atoms with Crippen LogP contribution in [0.5, 0.6) is 0 Å². The molecule has 3 heteroatoms. The highest BCUT2D eigenvalue weighted by molar-refractivity contribution is 5.82. The molecule has 0 saturated heterocycles. The fourth-order valence-electron chi connectivity index (χ4n) is 0.263. The number of aliphatic imine (C=N–C) groups is 1. The Labute approximate surface area is 42.4 Å². The van der Waals surface area contributed by atoms with E-state index in [0.29, 0.717) is 12.3 Å². The molecule has 0 amide bonds. The Kier molecular flexibility index (Phi) is 3.10. The van der Waals surface area contributed by atoms with Crippen LogP contribution in [0.15, 0.2) is 10.2 Å². The molecule has 0 unspecified atom stereocenters. The Bertz CT molecular complexity index is 87.7. The molecule has 0 rings (SSSR count). The topological polar surface area (TPSA) is 41.8 Å². The fraction of sp³-hybridized carbons (Fsp3) is 0.750. The highest BCUT2D eigenvalue weighted by atomic mass is 16.3. The van der Waals surface area contributed by atoms with E-state index in [0.717, 1.165) is 0 Å². The van der Waals surface area contributed by atoms with Gasteiger partial charge in [0.1, 0.15) is 0 Å². The van der Waals surface area contributed by atoms with Gasteiger partial charge in [0.15, 0.2) is 5.84 Å². The summed E-state index contributed by atoms with van der Waals surface area (Å²) in [5.41, 5.74) is 0. The van der Waals surface area contributed by atoms with Crippen molar-refractivity contribution in [3.63, 3.8) is 0 Å². The van der Waals surface area contributed by atoms with Crippen LogP contribution in [0.4, 0.5) is 0 Å². The van der Waals surface area contributed by atoms with Crippen LogP contribution in [0.3, 0.4) is 0 Å². The van der Waals surface area contributed by atoms with Crippen LogP contribution in [-0.4, -0.2) is 12.9 Å². The summed E-state index contributed by atoms with van der Waals surface area (Å²) in [7, 11) is 1.56. The molecule has 40 valence electrons. The Morgan fingerprint density at radius 2 is 2.29 bits per heavy atom. The molecule has 0 aliphatic carbocycles. The van der Waals surface area contributed by atoms with E-state index in [1.54, 1.807) is 7.05 Å². The van der Waals surface area contributed by atoms with Crippen molar-refractivity contribution >= 4 is 5.84 Å². The van der Waals surface area contributed by atoms with E-state index in [2.05, 4.69) is 10.2 Å². The highest BCUT2D eigenvalue weighted by Gasteiger charge is 1.86. The summed E-state index contributed by atoms with van der Waals surface area (Å²) in [4.78, 5) is 13.1. The zero-order valence-electron chi connectivity index (χ0n) is 4.51. The third kappa shape index (κ3) is 2.03. The molecule has 0 saturated carbocycles. The zero-order valence-corrected chi connectivity index (χ0v) is 4.51. The van der Waals surface area contributed by atoms with Gasteiger partial charge in [0.25, 0.3) is 0 Å². The van der Waals surface area contributed by atoms with Gasteiger partial charge in [-0.05, 0) is 5.18 Å². The molecule has 0 heterocycles. The van der Waals surface area contributed by atoms with E-state index in [1.165, 1.54) is 0 Å². The minimum atomic E-state index is 0.375. The van der Waals surface area contributed by atoms with Crippen molar-refractivity contribution in [1.82, 2.24) is 0 Å². The quantitative estimate of drug-likeness (QED) is 0.277. The molecule has 0 aromatic carbocycles. The SMILES string of the molecule is CCC(N=O)=NC. The van der Waals surface area contributed by atoms with E-state index in [4.69, 9.17) is 0 Å². The minimum Gasteiger partial charge on any atom is -0.271 e. The van der Waals surface area contributed by atoms with Gasteiger partial charge in [0, 0.05) is 13.5 Å². The fourth-order valence-corrected chi connectivity index (χ4v) is 0.263. The van der Waals surface area contributed by atoms with E-state index in [9.17, 15) is 4.91 Å². The lowest BCUT2D eigenvalue weighted by Gasteiger charge is -1.81. The van der Waals surface area contributed by atoms with Gasteiger partial charge < -0.3 is 0 Å².